The van der Waals surface area contributed by atoms with Crippen LogP contribution >= 0.6 is 0 Å². The van der Waals surface area contributed by atoms with E-state index in [0.717, 1.165) is 19.3 Å². The van der Waals surface area contributed by atoms with Gasteiger partial charge >= 0.3 is 0 Å². The van der Waals surface area contributed by atoms with Crippen molar-refractivity contribution in [2.24, 2.45) is 5.73 Å². The molecule has 3 heteroatoms. The lowest BCUT2D eigenvalue weighted by atomic mass is 10.0. The average Bonchev–Trinajstić information content (AvgIpc) is 2.76. The topological polar surface area (TPSA) is 43.8 Å². The van der Waals surface area contributed by atoms with Crippen LogP contribution in [-0.4, -0.2) is 15.8 Å². The Kier molecular flexibility index (Phi) is 5.40. The lowest BCUT2D eigenvalue weighted by Crippen LogP contribution is -2.21. The van der Waals surface area contributed by atoms with Crippen molar-refractivity contribution >= 4 is 0 Å². The molecule has 15 heavy (non-hydrogen) atoms. The maximum atomic E-state index is 6.03. The number of unbranched alkanes of at least 4 members (excludes halogenated alkanes) is 1. The average molecular weight is 209 g/mol. The summed E-state index contributed by atoms with van der Waals surface area (Å²) in [5, 5.41) is 4.23. The molecule has 0 radical (unpaired) electrons. The van der Waals surface area contributed by atoms with Crippen LogP contribution < -0.4 is 5.73 Å². The molecule has 0 saturated carbocycles. The highest BCUT2D eigenvalue weighted by Crippen LogP contribution is 2.14. The molecule has 1 rings (SSSR count). The Balaban J connectivity index is 2.19. The second-order valence-corrected chi connectivity index (χ2v) is 4.31. The van der Waals surface area contributed by atoms with Crippen LogP contribution in [0.1, 0.15) is 52.0 Å². The third-order valence-corrected chi connectivity index (χ3v) is 2.86. The van der Waals surface area contributed by atoms with Crippen LogP contribution in [-0.2, 0) is 0 Å². The number of nitrogens with two attached hydrogens (primary N) is 1. The molecule has 0 bridgehead atoms. The predicted octanol–water partition coefficient (Wildman–Crippen LogP) is 2.74. The molecule has 86 valence electrons. The first-order valence-electron chi connectivity index (χ1n) is 5.98. The summed E-state index contributed by atoms with van der Waals surface area (Å²) in [5.41, 5.74) is 6.03. The van der Waals surface area contributed by atoms with Gasteiger partial charge in [0, 0.05) is 24.5 Å². The SMILES string of the molecule is CCCCC(N)CCC(C)n1cccn1. The first-order valence-corrected chi connectivity index (χ1v) is 5.98. The Morgan fingerprint density at radius 1 is 1.33 bits per heavy atom. The van der Waals surface area contributed by atoms with Crippen LogP contribution in [0.2, 0.25) is 0 Å². The maximum absolute atomic E-state index is 6.03. The molecule has 0 aliphatic carbocycles. The van der Waals surface area contributed by atoms with E-state index in [1.54, 1.807) is 0 Å². The molecule has 0 saturated heterocycles. The van der Waals surface area contributed by atoms with Crippen LogP contribution in [0.3, 0.4) is 0 Å². The third kappa shape index (κ3) is 4.47. The summed E-state index contributed by atoms with van der Waals surface area (Å²) in [6.07, 6.45) is 9.70. The van der Waals surface area contributed by atoms with Gasteiger partial charge in [-0.15, -0.1) is 0 Å². The molecule has 0 amide bonds. The fourth-order valence-electron chi connectivity index (χ4n) is 1.74. The summed E-state index contributed by atoms with van der Waals surface area (Å²) < 4.78 is 2.01. The van der Waals surface area contributed by atoms with Gasteiger partial charge in [0.05, 0.1) is 0 Å². The number of hydrogen-bond acceptors (Lipinski definition) is 2. The monoisotopic (exact) mass is 209 g/mol. The maximum Gasteiger partial charge on any atom is 0.0491 e. The van der Waals surface area contributed by atoms with Crippen molar-refractivity contribution in [1.29, 1.82) is 0 Å². The van der Waals surface area contributed by atoms with E-state index in [4.69, 9.17) is 5.73 Å². The smallest absolute Gasteiger partial charge is 0.0491 e. The Morgan fingerprint density at radius 2 is 2.13 bits per heavy atom. The van der Waals surface area contributed by atoms with Gasteiger partial charge in [-0.25, -0.2) is 0 Å². The van der Waals surface area contributed by atoms with Gasteiger partial charge in [-0.3, -0.25) is 4.68 Å². The molecule has 2 unspecified atom stereocenters. The van der Waals surface area contributed by atoms with Gasteiger partial charge in [-0.05, 0) is 32.3 Å². The Morgan fingerprint density at radius 3 is 2.73 bits per heavy atom. The summed E-state index contributed by atoms with van der Waals surface area (Å²) in [5.74, 6) is 0. The van der Waals surface area contributed by atoms with E-state index < -0.39 is 0 Å². The van der Waals surface area contributed by atoms with Gasteiger partial charge in [-0.2, -0.15) is 5.10 Å². The highest BCUT2D eigenvalue weighted by Gasteiger charge is 2.07. The zero-order valence-corrected chi connectivity index (χ0v) is 9.89. The summed E-state index contributed by atoms with van der Waals surface area (Å²) in [4.78, 5) is 0. The van der Waals surface area contributed by atoms with E-state index in [9.17, 15) is 0 Å². The number of rotatable bonds is 7. The van der Waals surface area contributed by atoms with E-state index in [2.05, 4.69) is 18.9 Å². The summed E-state index contributed by atoms with van der Waals surface area (Å²) >= 11 is 0. The van der Waals surface area contributed by atoms with Crippen LogP contribution in [0.25, 0.3) is 0 Å². The Bertz CT molecular complexity index is 243. The highest BCUT2D eigenvalue weighted by molar-refractivity contribution is 4.80. The minimum atomic E-state index is 0.364. The van der Waals surface area contributed by atoms with E-state index in [0.29, 0.717) is 12.1 Å². The molecule has 1 aromatic heterocycles. The second kappa shape index (κ2) is 6.62. The Hall–Kier alpha value is -0.830. The molecule has 2 N–H and O–H groups in total. The summed E-state index contributed by atoms with van der Waals surface area (Å²) in [6, 6.07) is 2.80. The molecule has 0 aliphatic heterocycles. The number of nitrogens with zero attached hydrogens (tertiary/aromatic N) is 2. The molecular weight excluding hydrogens is 186 g/mol. The van der Waals surface area contributed by atoms with Crippen molar-refractivity contribution in [3.8, 4) is 0 Å². The lowest BCUT2D eigenvalue weighted by Gasteiger charge is -2.15. The fourth-order valence-corrected chi connectivity index (χ4v) is 1.74. The molecule has 1 heterocycles. The van der Waals surface area contributed by atoms with Crippen LogP contribution in [0.5, 0.6) is 0 Å². The van der Waals surface area contributed by atoms with Gasteiger partial charge in [0.15, 0.2) is 0 Å². The molecule has 0 fully saturated rings. The molecule has 0 aliphatic rings. The molecule has 0 aromatic carbocycles. The van der Waals surface area contributed by atoms with E-state index in [1.165, 1.54) is 12.8 Å². The largest absolute Gasteiger partial charge is 0.328 e. The van der Waals surface area contributed by atoms with Gasteiger partial charge in [-0.1, -0.05) is 19.8 Å². The van der Waals surface area contributed by atoms with Gasteiger partial charge < -0.3 is 5.73 Å². The van der Waals surface area contributed by atoms with Gasteiger partial charge in [0.1, 0.15) is 0 Å². The minimum Gasteiger partial charge on any atom is -0.328 e. The molecule has 3 nitrogen and oxygen atoms in total. The van der Waals surface area contributed by atoms with Crippen molar-refractivity contribution in [3.05, 3.63) is 18.5 Å². The lowest BCUT2D eigenvalue weighted by molar-refractivity contribution is 0.411. The van der Waals surface area contributed by atoms with Crippen molar-refractivity contribution in [2.45, 2.75) is 58.0 Å². The molecule has 1 aromatic rings. The molecule has 0 spiro atoms. The van der Waals surface area contributed by atoms with Gasteiger partial charge in [0.25, 0.3) is 0 Å². The first-order chi connectivity index (χ1) is 7.24. The highest BCUT2D eigenvalue weighted by atomic mass is 15.3. The molecular formula is C12H23N3. The molecule has 2 atom stereocenters. The summed E-state index contributed by atoms with van der Waals surface area (Å²) in [6.45, 7) is 4.40. The summed E-state index contributed by atoms with van der Waals surface area (Å²) in [7, 11) is 0. The van der Waals surface area contributed by atoms with E-state index >= 15 is 0 Å². The van der Waals surface area contributed by atoms with Gasteiger partial charge in [0.2, 0.25) is 0 Å². The normalized spacial score (nSPS) is 15.1. The van der Waals surface area contributed by atoms with Crippen molar-refractivity contribution < 1.29 is 0 Å². The van der Waals surface area contributed by atoms with Crippen molar-refractivity contribution in [1.82, 2.24) is 9.78 Å². The number of aromatic nitrogens is 2. The van der Waals surface area contributed by atoms with Crippen molar-refractivity contribution in [2.75, 3.05) is 0 Å². The van der Waals surface area contributed by atoms with Crippen LogP contribution in [0, 0.1) is 0 Å². The van der Waals surface area contributed by atoms with E-state index in [-0.39, 0.29) is 0 Å². The zero-order chi connectivity index (χ0) is 11.1. The fraction of sp³-hybridized carbons (Fsp3) is 0.750. The van der Waals surface area contributed by atoms with E-state index in [1.807, 2.05) is 23.1 Å². The number of hydrogen-bond donors (Lipinski definition) is 1. The second-order valence-electron chi connectivity index (χ2n) is 4.31. The standard InChI is InChI=1S/C12H23N3/c1-3-4-6-12(13)8-7-11(2)15-10-5-9-14-15/h5,9-12H,3-4,6-8,13H2,1-2H3. The van der Waals surface area contributed by atoms with Crippen molar-refractivity contribution in [3.63, 3.8) is 0 Å². The Labute approximate surface area is 92.7 Å². The predicted molar refractivity (Wildman–Crippen MR) is 63.7 cm³/mol. The third-order valence-electron chi connectivity index (χ3n) is 2.86. The van der Waals surface area contributed by atoms with Crippen LogP contribution in [0.4, 0.5) is 0 Å². The minimum absolute atomic E-state index is 0.364. The first kappa shape index (κ1) is 12.2. The quantitative estimate of drug-likeness (QED) is 0.750. The van der Waals surface area contributed by atoms with Crippen LogP contribution in [0.15, 0.2) is 18.5 Å². The zero-order valence-electron chi connectivity index (χ0n) is 9.89.